The van der Waals surface area contributed by atoms with Gasteiger partial charge in [0.05, 0.1) is 23.8 Å². The Labute approximate surface area is 232 Å². The number of aromatic nitrogens is 1. The number of aliphatic hydroxyl groups excluding tert-OH is 2. The summed E-state index contributed by atoms with van der Waals surface area (Å²) >= 11 is 5.94. The summed E-state index contributed by atoms with van der Waals surface area (Å²) in [6, 6.07) is 3.15. The summed E-state index contributed by atoms with van der Waals surface area (Å²) in [6.45, 7) is 10.0. The molecule has 5 rings (SSSR count). The van der Waals surface area contributed by atoms with E-state index in [1.54, 1.807) is 6.07 Å². The van der Waals surface area contributed by atoms with Crippen molar-refractivity contribution in [2.75, 3.05) is 6.61 Å². The van der Waals surface area contributed by atoms with E-state index in [-0.39, 0.29) is 39.7 Å². The van der Waals surface area contributed by atoms with E-state index >= 15 is 0 Å². The van der Waals surface area contributed by atoms with Crippen molar-refractivity contribution in [3.8, 4) is 5.88 Å². The summed E-state index contributed by atoms with van der Waals surface area (Å²) in [6.07, 6.45) is 9.00. The average Bonchev–Trinajstić information content (AvgIpc) is 3.23. The molecule has 1 heterocycles. The Balaban J connectivity index is 1.28. The van der Waals surface area contributed by atoms with Crippen LogP contribution in [-0.2, 0) is 0 Å². The molecule has 1 aromatic rings. The van der Waals surface area contributed by atoms with Crippen molar-refractivity contribution in [1.29, 1.82) is 0 Å². The molecule has 4 aliphatic carbocycles. The van der Waals surface area contributed by atoms with Crippen molar-refractivity contribution in [2.24, 2.45) is 52.3 Å². The van der Waals surface area contributed by atoms with Gasteiger partial charge in [-0.2, -0.15) is 0 Å². The van der Waals surface area contributed by atoms with E-state index in [9.17, 15) is 20.1 Å². The number of hydrogen-bond donors (Lipinski definition) is 3. The highest BCUT2D eigenvalue weighted by molar-refractivity contribution is 6.33. The minimum Gasteiger partial charge on any atom is -0.478 e. The van der Waals surface area contributed by atoms with Gasteiger partial charge in [-0.15, -0.1) is 0 Å². The molecule has 6 nitrogen and oxygen atoms in total. The third-order valence-electron chi connectivity index (χ3n) is 12.0. The zero-order valence-electron chi connectivity index (χ0n) is 23.4. The van der Waals surface area contributed by atoms with Gasteiger partial charge in [0.25, 0.3) is 0 Å². The largest absolute Gasteiger partial charge is 0.478 e. The number of carboxylic acid groups (broad SMARTS) is 1. The quantitative estimate of drug-likeness (QED) is 0.362. The van der Waals surface area contributed by atoms with Gasteiger partial charge in [0.2, 0.25) is 5.88 Å². The van der Waals surface area contributed by atoms with Crippen LogP contribution in [0.4, 0.5) is 0 Å². The highest BCUT2D eigenvalue weighted by atomic mass is 35.5. The number of nitrogens with zero attached hydrogens (tertiary/aromatic N) is 1. The van der Waals surface area contributed by atoms with E-state index in [0.717, 1.165) is 32.1 Å². The summed E-state index contributed by atoms with van der Waals surface area (Å²) in [5.74, 6) is 2.34. The standard InChI is InChI=1S/C31H46ClNO5/c1-5-19-23-16-18(34)10-13-31(23,4)22-11-14-30(3)20(6-7-21(30)26(22)28(19)35)17(2)12-15-38-25-9-8-24(32)27(33-25)29(36)37/h8-9,17-23,26,28,34-35H,5-7,10-16H2,1-4H3,(H,36,37)/t17-,18-,19-,20-,21+,22+,23+,26+,28-,30-,31-/m1/s1. The molecule has 4 saturated carbocycles. The maximum atomic E-state index is 11.9. The molecule has 0 amide bonds. The lowest BCUT2D eigenvalue weighted by molar-refractivity contribution is -0.203. The van der Waals surface area contributed by atoms with E-state index in [1.165, 1.54) is 31.7 Å². The van der Waals surface area contributed by atoms with Gasteiger partial charge < -0.3 is 20.1 Å². The molecule has 0 bridgehead atoms. The molecule has 212 valence electrons. The minimum atomic E-state index is -1.16. The van der Waals surface area contributed by atoms with Gasteiger partial charge in [0.1, 0.15) is 0 Å². The summed E-state index contributed by atoms with van der Waals surface area (Å²) in [7, 11) is 0. The third kappa shape index (κ3) is 4.56. The van der Waals surface area contributed by atoms with Crippen LogP contribution in [0, 0.1) is 52.3 Å². The predicted molar refractivity (Wildman–Crippen MR) is 147 cm³/mol. The fraction of sp³-hybridized carbons (Fsp3) is 0.806. The molecule has 3 N–H and O–H groups in total. The Hall–Kier alpha value is -1.37. The number of aliphatic hydroxyl groups is 2. The van der Waals surface area contributed by atoms with Crippen molar-refractivity contribution in [2.45, 2.75) is 97.7 Å². The first-order valence-corrected chi connectivity index (χ1v) is 15.3. The fourth-order valence-corrected chi connectivity index (χ4v) is 10.3. The fourth-order valence-electron chi connectivity index (χ4n) is 10.1. The highest BCUT2D eigenvalue weighted by Gasteiger charge is 2.64. The van der Waals surface area contributed by atoms with Crippen LogP contribution in [-0.4, -0.2) is 45.1 Å². The molecule has 0 unspecified atom stereocenters. The Morgan fingerprint density at radius 2 is 1.82 bits per heavy atom. The molecule has 11 atom stereocenters. The number of aromatic carboxylic acids is 1. The second kappa shape index (κ2) is 10.6. The van der Waals surface area contributed by atoms with Gasteiger partial charge in [0.15, 0.2) is 5.69 Å². The smallest absolute Gasteiger partial charge is 0.356 e. The van der Waals surface area contributed by atoms with Crippen molar-refractivity contribution >= 4 is 17.6 Å². The van der Waals surface area contributed by atoms with Gasteiger partial charge in [-0.3, -0.25) is 0 Å². The first-order chi connectivity index (χ1) is 18.0. The maximum Gasteiger partial charge on any atom is 0.356 e. The van der Waals surface area contributed by atoms with E-state index in [4.69, 9.17) is 16.3 Å². The molecular formula is C31H46ClNO5. The van der Waals surface area contributed by atoms with Crippen LogP contribution in [0.1, 0.15) is 96.0 Å². The van der Waals surface area contributed by atoms with Crippen molar-refractivity contribution in [3.63, 3.8) is 0 Å². The van der Waals surface area contributed by atoms with Crippen LogP contribution >= 0.6 is 11.6 Å². The van der Waals surface area contributed by atoms with E-state index < -0.39 is 5.97 Å². The number of halogens is 1. The van der Waals surface area contributed by atoms with Crippen LogP contribution in [0.25, 0.3) is 0 Å². The monoisotopic (exact) mass is 547 g/mol. The SMILES string of the molecule is CC[C@H]1[C@@H](O)[C@@H]2[C@H](CC[C@]3(C)[C@@H]([C@H](C)CCOc4ccc(Cl)c(C(=O)O)n4)CC[C@@H]23)[C@@]2(C)CC[C@@H](O)C[C@@H]12. The average molecular weight is 548 g/mol. The summed E-state index contributed by atoms with van der Waals surface area (Å²) in [5.41, 5.74) is 0.259. The molecule has 0 aromatic carbocycles. The first-order valence-electron chi connectivity index (χ1n) is 14.9. The van der Waals surface area contributed by atoms with Gasteiger partial charge in [0, 0.05) is 6.07 Å². The second-order valence-electron chi connectivity index (χ2n) is 13.5. The molecule has 7 heteroatoms. The number of hydrogen-bond acceptors (Lipinski definition) is 5. The number of fused-ring (bicyclic) bond motifs is 5. The second-order valence-corrected chi connectivity index (χ2v) is 13.9. The van der Waals surface area contributed by atoms with Crippen LogP contribution in [0.15, 0.2) is 12.1 Å². The van der Waals surface area contributed by atoms with Crippen molar-refractivity contribution < 1.29 is 24.9 Å². The number of rotatable bonds is 7. The highest BCUT2D eigenvalue weighted by Crippen LogP contribution is 2.69. The Bertz CT molecular complexity index is 1040. The lowest BCUT2D eigenvalue weighted by Crippen LogP contribution is -2.62. The van der Waals surface area contributed by atoms with E-state index in [2.05, 4.69) is 32.7 Å². The van der Waals surface area contributed by atoms with Crippen molar-refractivity contribution in [3.05, 3.63) is 22.8 Å². The summed E-state index contributed by atoms with van der Waals surface area (Å²) in [5, 5.41) is 31.8. The number of pyridine rings is 1. The summed E-state index contributed by atoms with van der Waals surface area (Å²) in [4.78, 5) is 15.4. The molecule has 1 aromatic heterocycles. The molecule has 0 spiro atoms. The molecule has 38 heavy (non-hydrogen) atoms. The van der Waals surface area contributed by atoms with Gasteiger partial charge in [-0.1, -0.05) is 45.7 Å². The van der Waals surface area contributed by atoms with Crippen LogP contribution in [0.3, 0.4) is 0 Å². The molecule has 0 saturated heterocycles. The van der Waals surface area contributed by atoms with Gasteiger partial charge in [-0.25, -0.2) is 9.78 Å². The molecular weight excluding hydrogens is 502 g/mol. The number of ether oxygens (including phenoxy) is 1. The lowest BCUT2D eigenvalue weighted by Gasteiger charge is -2.64. The molecule has 4 fully saturated rings. The zero-order chi connectivity index (χ0) is 27.4. The van der Waals surface area contributed by atoms with Gasteiger partial charge in [-0.05, 0) is 110 Å². The number of carboxylic acids is 1. The zero-order valence-corrected chi connectivity index (χ0v) is 24.2. The van der Waals surface area contributed by atoms with E-state index in [1.807, 2.05) is 0 Å². The lowest BCUT2D eigenvalue weighted by atomic mass is 9.41. The van der Waals surface area contributed by atoms with Crippen LogP contribution in [0.5, 0.6) is 5.88 Å². The molecule has 0 aliphatic heterocycles. The third-order valence-corrected chi connectivity index (χ3v) is 12.3. The van der Waals surface area contributed by atoms with Gasteiger partial charge >= 0.3 is 5.97 Å². The van der Waals surface area contributed by atoms with Crippen molar-refractivity contribution in [1.82, 2.24) is 4.98 Å². The topological polar surface area (TPSA) is 99.9 Å². The normalized spacial score (nSPS) is 43.0. The number of carbonyl (C=O) groups is 1. The van der Waals surface area contributed by atoms with Crippen LogP contribution < -0.4 is 4.74 Å². The maximum absolute atomic E-state index is 11.9. The minimum absolute atomic E-state index is 0.110. The predicted octanol–water partition coefficient (Wildman–Crippen LogP) is 6.46. The Morgan fingerprint density at radius 3 is 2.53 bits per heavy atom. The van der Waals surface area contributed by atoms with E-state index in [0.29, 0.717) is 48.0 Å². The Kier molecular flexibility index (Phi) is 7.82. The molecule has 4 aliphatic rings. The Morgan fingerprint density at radius 1 is 1.11 bits per heavy atom. The first kappa shape index (κ1) is 28.2. The summed E-state index contributed by atoms with van der Waals surface area (Å²) < 4.78 is 5.87. The van der Waals surface area contributed by atoms with Crippen LogP contribution in [0.2, 0.25) is 5.02 Å². The molecule has 0 radical (unpaired) electrons.